The van der Waals surface area contributed by atoms with Crippen LogP contribution >= 0.6 is 27.5 Å². The van der Waals surface area contributed by atoms with Crippen LogP contribution in [0, 0.1) is 6.92 Å². The maximum atomic E-state index is 12.3. The molecule has 0 aliphatic heterocycles. The van der Waals surface area contributed by atoms with Gasteiger partial charge in [0, 0.05) is 17.7 Å². The van der Waals surface area contributed by atoms with Crippen molar-refractivity contribution >= 4 is 43.2 Å². The molecule has 1 N–H and O–H groups in total. The summed E-state index contributed by atoms with van der Waals surface area (Å²) in [5, 5.41) is 4.23. The highest BCUT2D eigenvalue weighted by molar-refractivity contribution is 9.10. The van der Waals surface area contributed by atoms with E-state index in [-0.39, 0.29) is 9.92 Å². The molecule has 102 valence electrons. The van der Waals surface area contributed by atoms with Crippen LogP contribution in [-0.2, 0) is 17.1 Å². The first-order chi connectivity index (χ1) is 8.81. The van der Waals surface area contributed by atoms with Gasteiger partial charge in [0.15, 0.2) is 0 Å². The number of rotatable bonds is 3. The van der Waals surface area contributed by atoms with E-state index in [4.69, 9.17) is 11.6 Å². The summed E-state index contributed by atoms with van der Waals surface area (Å²) < 4.78 is 29.1. The van der Waals surface area contributed by atoms with Crippen LogP contribution in [-0.4, -0.2) is 18.2 Å². The molecule has 0 atom stereocenters. The second-order valence-electron chi connectivity index (χ2n) is 3.96. The fraction of sp³-hybridized carbons (Fsp3) is 0.182. The minimum atomic E-state index is -3.77. The van der Waals surface area contributed by atoms with E-state index in [9.17, 15) is 8.42 Å². The van der Waals surface area contributed by atoms with E-state index in [1.165, 1.54) is 10.7 Å². The number of anilines is 1. The summed E-state index contributed by atoms with van der Waals surface area (Å²) >= 11 is 9.15. The Labute approximate surface area is 124 Å². The van der Waals surface area contributed by atoms with Gasteiger partial charge in [0.2, 0.25) is 0 Å². The number of benzene rings is 1. The average molecular weight is 365 g/mol. The van der Waals surface area contributed by atoms with Gasteiger partial charge < -0.3 is 0 Å². The quantitative estimate of drug-likeness (QED) is 0.910. The van der Waals surface area contributed by atoms with Gasteiger partial charge in [-0.1, -0.05) is 17.7 Å². The predicted molar refractivity (Wildman–Crippen MR) is 77.9 cm³/mol. The topological polar surface area (TPSA) is 64.0 Å². The molecule has 0 fully saturated rings. The van der Waals surface area contributed by atoms with Crippen molar-refractivity contribution in [1.82, 2.24) is 9.78 Å². The third-order valence-electron chi connectivity index (χ3n) is 2.45. The molecule has 1 aromatic heterocycles. The molecule has 2 rings (SSSR count). The lowest BCUT2D eigenvalue weighted by atomic mass is 10.4. The number of hydrogen-bond donors (Lipinski definition) is 1. The second-order valence-corrected chi connectivity index (χ2v) is 6.84. The zero-order valence-corrected chi connectivity index (χ0v) is 13.3. The van der Waals surface area contributed by atoms with Gasteiger partial charge in [-0.3, -0.25) is 9.40 Å². The summed E-state index contributed by atoms with van der Waals surface area (Å²) in [5.74, 6) is 0. The number of nitrogens with zero attached hydrogens (tertiary/aromatic N) is 2. The van der Waals surface area contributed by atoms with Gasteiger partial charge in [-0.05, 0) is 35.0 Å². The lowest BCUT2D eigenvalue weighted by Gasteiger charge is -2.10. The first kappa shape index (κ1) is 14.4. The molecule has 0 aliphatic rings. The van der Waals surface area contributed by atoms with Gasteiger partial charge in [0.05, 0.1) is 16.4 Å². The van der Waals surface area contributed by atoms with Crippen LogP contribution in [0.1, 0.15) is 5.69 Å². The van der Waals surface area contributed by atoms with E-state index < -0.39 is 10.0 Å². The zero-order valence-electron chi connectivity index (χ0n) is 10.2. The lowest BCUT2D eigenvalue weighted by Crippen LogP contribution is -2.14. The number of nitrogens with one attached hydrogen (secondary N) is 1. The highest BCUT2D eigenvalue weighted by Gasteiger charge is 2.22. The Morgan fingerprint density at radius 1 is 1.42 bits per heavy atom. The van der Waals surface area contributed by atoms with E-state index >= 15 is 0 Å². The molecule has 1 heterocycles. The van der Waals surface area contributed by atoms with Crippen molar-refractivity contribution < 1.29 is 8.42 Å². The minimum absolute atomic E-state index is 0.0138. The summed E-state index contributed by atoms with van der Waals surface area (Å²) in [7, 11) is -2.05. The summed E-state index contributed by atoms with van der Waals surface area (Å²) in [6, 6.07) is 4.81. The van der Waals surface area contributed by atoms with Gasteiger partial charge in [0.25, 0.3) is 10.0 Å². The van der Waals surface area contributed by atoms with Crippen molar-refractivity contribution in [2.45, 2.75) is 11.8 Å². The van der Waals surface area contributed by atoms with Crippen molar-refractivity contribution in [2.24, 2.45) is 7.05 Å². The maximum Gasteiger partial charge on any atom is 0.264 e. The normalized spacial score (nSPS) is 11.6. The average Bonchev–Trinajstić information content (AvgIpc) is 2.55. The molecule has 8 heteroatoms. The molecule has 19 heavy (non-hydrogen) atoms. The molecular weight excluding hydrogens is 354 g/mol. The van der Waals surface area contributed by atoms with Gasteiger partial charge in [-0.2, -0.15) is 5.10 Å². The molecule has 0 saturated carbocycles. The Balaban J connectivity index is 2.47. The van der Waals surface area contributed by atoms with Crippen molar-refractivity contribution in [1.29, 1.82) is 0 Å². The minimum Gasteiger partial charge on any atom is -0.276 e. The summed E-state index contributed by atoms with van der Waals surface area (Å²) in [6.07, 6.45) is 1.59. The van der Waals surface area contributed by atoms with Crippen LogP contribution < -0.4 is 4.72 Å². The number of aryl methyl sites for hydroxylation is 2. The molecule has 0 aliphatic carbocycles. The number of aromatic nitrogens is 2. The largest absolute Gasteiger partial charge is 0.276 e. The Bertz CT molecular complexity index is 707. The SMILES string of the molecule is Cc1nn(C)cc1NS(=O)(=O)c1c(Cl)cccc1Br. The third-order valence-corrected chi connectivity index (χ3v) is 5.26. The van der Waals surface area contributed by atoms with E-state index in [1.807, 2.05) is 0 Å². The smallest absolute Gasteiger partial charge is 0.264 e. The molecule has 0 spiro atoms. The molecule has 2 aromatic rings. The number of halogens is 2. The van der Waals surface area contributed by atoms with E-state index in [1.54, 1.807) is 32.3 Å². The van der Waals surface area contributed by atoms with Crippen LogP contribution in [0.4, 0.5) is 5.69 Å². The molecule has 0 radical (unpaired) electrons. The third kappa shape index (κ3) is 2.93. The van der Waals surface area contributed by atoms with E-state index in [0.717, 1.165) is 0 Å². The fourth-order valence-electron chi connectivity index (χ4n) is 1.63. The number of hydrogen-bond acceptors (Lipinski definition) is 3. The van der Waals surface area contributed by atoms with Crippen LogP contribution in [0.5, 0.6) is 0 Å². The second kappa shape index (κ2) is 5.15. The Morgan fingerprint density at radius 3 is 2.63 bits per heavy atom. The van der Waals surface area contributed by atoms with Crippen LogP contribution in [0.2, 0.25) is 5.02 Å². The standard InChI is InChI=1S/C11H11BrClN3O2S/c1-7-10(6-16(2)14-7)15-19(17,18)11-8(12)4-3-5-9(11)13/h3-6,15H,1-2H3. The summed E-state index contributed by atoms with van der Waals surface area (Å²) in [4.78, 5) is 0.0138. The first-order valence-corrected chi connectivity index (χ1v) is 7.94. The van der Waals surface area contributed by atoms with E-state index in [0.29, 0.717) is 15.9 Å². The zero-order chi connectivity index (χ0) is 14.2. The van der Waals surface area contributed by atoms with Gasteiger partial charge >= 0.3 is 0 Å². The fourth-order valence-corrected chi connectivity index (χ4v) is 4.48. The van der Waals surface area contributed by atoms with Gasteiger partial charge in [-0.25, -0.2) is 8.42 Å². The van der Waals surface area contributed by atoms with Crippen molar-refractivity contribution in [3.05, 3.63) is 39.6 Å². The molecule has 0 unspecified atom stereocenters. The van der Waals surface area contributed by atoms with Crippen molar-refractivity contribution in [3.63, 3.8) is 0 Å². The number of sulfonamides is 1. The van der Waals surface area contributed by atoms with Crippen LogP contribution in [0.3, 0.4) is 0 Å². The van der Waals surface area contributed by atoms with Crippen molar-refractivity contribution in [3.8, 4) is 0 Å². The van der Waals surface area contributed by atoms with Crippen molar-refractivity contribution in [2.75, 3.05) is 4.72 Å². The van der Waals surface area contributed by atoms with Crippen LogP contribution in [0.15, 0.2) is 33.8 Å². The maximum absolute atomic E-state index is 12.3. The Hall–Kier alpha value is -1.05. The molecule has 0 bridgehead atoms. The molecule has 1 aromatic carbocycles. The van der Waals surface area contributed by atoms with Gasteiger partial charge in [0.1, 0.15) is 4.90 Å². The Kier molecular flexibility index (Phi) is 3.89. The van der Waals surface area contributed by atoms with Gasteiger partial charge in [-0.15, -0.1) is 0 Å². The molecule has 5 nitrogen and oxygen atoms in total. The molecular formula is C11H11BrClN3O2S. The highest BCUT2D eigenvalue weighted by atomic mass is 79.9. The van der Waals surface area contributed by atoms with Crippen LogP contribution in [0.25, 0.3) is 0 Å². The predicted octanol–water partition coefficient (Wildman–Crippen LogP) is 2.95. The highest BCUT2D eigenvalue weighted by Crippen LogP contribution is 2.31. The Morgan fingerprint density at radius 2 is 2.11 bits per heavy atom. The summed E-state index contributed by atoms with van der Waals surface area (Å²) in [5.41, 5.74) is 1.02. The lowest BCUT2D eigenvalue weighted by molar-refractivity contribution is 0.601. The molecule has 0 amide bonds. The first-order valence-electron chi connectivity index (χ1n) is 5.28. The molecule has 0 saturated heterocycles. The monoisotopic (exact) mass is 363 g/mol. The summed E-state index contributed by atoms with van der Waals surface area (Å²) in [6.45, 7) is 1.72. The van der Waals surface area contributed by atoms with E-state index in [2.05, 4.69) is 25.8 Å².